The molecule has 7 nitrogen and oxygen atoms in total. The molecule has 1 aromatic rings. The Kier molecular flexibility index (Phi) is 4.21. The van der Waals surface area contributed by atoms with Gasteiger partial charge in [-0.3, -0.25) is 19.2 Å². The van der Waals surface area contributed by atoms with Crippen molar-refractivity contribution < 1.29 is 14.4 Å². The van der Waals surface area contributed by atoms with Gasteiger partial charge in [-0.05, 0) is 25.0 Å². The quantitative estimate of drug-likeness (QED) is 0.601. The average Bonchev–Trinajstić information content (AvgIpc) is 3.10. The monoisotopic (exact) mass is 360 g/mol. The van der Waals surface area contributed by atoms with Gasteiger partial charge in [0.2, 0.25) is 0 Å². The second-order valence-electron chi connectivity index (χ2n) is 6.73. The molecule has 132 valence electrons. The summed E-state index contributed by atoms with van der Waals surface area (Å²) < 4.78 is 2.19. The van der Waals surface area contributed by atoms with Crippen LogP contribution in [0.5, 0.6) is 0 Å². The van der Waals surface area contributed by atoms with E-state index >= 15 is 0 Å². The maximum absolute atomic E-state index is 12.7. The number of fused-ring (bicyclic) bond motifs is 1. The highest BCUT2D eigenvalue weighted by molar-refractivity contribution is 7.13. The predicted octanol–water partition coefficient (Wildman–Crippen LogP) is 1.23. The number of piperidine rings is 1. The molecule has 0 aliphatic carbocycles. The maximum atomic E-state index is 12.7. The first-order valence-corrected chi connectivity index (χ1v) is 9.08. The van der Waals surface area contributed by atoms with Gasteiger partial charge in [-0.2, -0.15) is 0 Å². The summed E-state index contributed by atoms with van der Waals surface area (Å²) in [5.74, 6) is -0.633. The Hall–Kier alpha value is -1.98. The Morgan fingerprint density at radius 3 is 2.12 bits per heavy atom. The van der Waals surface area contributed by atoms with Crippen LogP contribution < -0.4 is 0 Å². The molecule has 1 aromatic carbocycles. The number of hydrogen-bond donors (Lipinski definition) is 0. The molecule has 4 amide bonds. The minimum atomic E-state index is -0.317. The highest BCUT2D eigenvalue weighted by Gasteiger charge is 2.40. The third kappa shape index (κ3) is 2.81. The summed E-state index contributed by atoms with van der Waals surface area (Å²) in [5.41, 5.74) is 0.840. The summed E-state index contributed by atoms with van der Waals surface area (Å²) in [7, 11) is 2.71. The molecule has 4 rings (SSSR count). The van der Waals surface area contributed by atoms with Crippen molar-refractivity contribution in [3.8, 4) is 0 Å². The minimum Gasteiger partial charge on any atom is -0.320 e. The van der Waals surface area contributed by atoms with E-state index in [4.69, 9.17) is 0 Å². The number of imide groups is 1. The normalized spacial score (nSPS) is 22.3. The Morgan fingerprint density at radius 2 is 1.52 bits per heavy atom. The summed E-state index contributed by atoms with van der Waals surface area (Å²) in [6, 6.07) is 6.98. The third-order valence-electron chi connectivity index (χ3n) is 5.26. The molecular weight excluding hydrogens is 339 g/mol. The number of urea groups is 1. The number of benzene rings is 1. The van der Waals surface area contributed by atoms with Gasteiger partial charge >= 0.3 is 6.03 Å². The van der Waals surface area contributed by atoms with Crippen LogP contribution in [0.3, 0.4) is 0 Å². The molecule has 25 heavy (non-hydrogen) atoms. The van der Waals surface area contributed by atoms with Crippen LogP contribution in [-0.2, 0) is 0 Å². The first-order valence-electron chi connectivity index (χ1n) is 8.56. The highest BCUT2D eigenvalue weighted by atomic mass is 31.0. The fourth-order valence-corrected chi connectivity index (χ4v) is 4.11. The number of carbonyl (C=O) groups excluding carboxylic acids is 3. The summed E-state index contributed by atoms with van der Waals surface area (Å²) in [5, 5.41) is 0. The molecule has 2 saturated heterocycles. The van der Waals surface area contributed by atoms with Crippen LogP contribution in [0.15, 0.2) is 24.3 Å². The van der Waals surface area contributed by atoms with Gasteiger partial charge in [0.25, 0.3) is 11.8 Å². The number of rotatable bonds is 3. The van der Waals surface area contributed by atoms with Gasteiger partial charge in [0.05, 0.1) is 11.1 Å². The van der Waals surface area contributed by atoms with E-state index in [0.717, 1.165) is 25.9 Å². The predicted molar refractivity (Wildman–Crippen MR) is 94.9 cm³/mol. The summed E-state index contributed by atoms with van der Waals surface area (Å²) in [4.78, 5) is 42.4. The lowest BCUT2D eigenvalue weighted by molar-refractivity contribution is 0.0583. The molecule has 8 heteroatoms. The van der Waals surface area contributed by atoms with Gasteiger partial charge < -0.3 is 9.80 Å². The number of carbonyl (C=O) groups is 3. The molecular formula is C17H21N4O3P. The van der Waals surface area contributed by atoms with Crippen LogP contribution >= 0.6 is 9.39 Å². The van der Waals surface area contributed by atoms with E-state index in [1.54, 1.807) is 29.2 Å². The largest absolute Gasteiger partial charge is 0.321 e. The van der Waals surface area contributed by atoms with E-state index in [1.807, 2.05) is 4.90 Å². The summed E-state index contributed by atoms with van der Waals surface area (Å²) in [6.07, 6.45) is 1.91. The molecule has 0 saturated carbocycles. The van der Waals surface area contributed by atoms with E-state index in [2.05, 4.69) is 14.1 Å². The van der Waals surface area contributed by atoms with Crippen LogP contribution in [0.25, 0.3) is 0 Å². The fourth-order valence-electron chi connectivity index (χ4n) is 3.81. The van der Waals surface area contributed by atoms with Gasteiger partial charge in [0.1, 0.15) is 6.67 Å². The van der Waals surface area contributed by atoms with Gasteiger partial charge in [0.15, 0.2) is 0 Å². The second kappa shape index (κ2) is 6.39. The second-order valence-corrected chi connectivity index (χ2v) is 7.46. The molecule has 1 unspecified atom stereocenters. The van der Waals surface area contributed by atoms with Crippen LogP contribution in [0.1, 0.15) is 33.6 Å². The maximum Gasteiger partial charge on any atom is 0.321 e. The van der Waals surface area contributed by atoms with E-state index in [-0.39, 0.29) is 30.6 Å². The topological polar surface area (TPSA) is 64.2 Å². The van der Waals surface area contributed by atoms with Crippen molar-refractivity contribution in [2.75, 3.05) is 32.8 Å². The zero-order valence-corrected chi connectivity index (χ0v) is 15.1. The van der Waals surface area contributed by atoms with E-state index in [0.29, 0.717) is 24.2 Å². The Labute approximate surface area is 148 Å². The SMILES string of the molecule is O=C1c2ccccc2C(=O)N1CN1CCN(C2CCN(P)CC2)C1=O. The first kappa shape index (κ1) is 16.5. The van der Waals surface area contributed by atoms with E-state index < -0.39 is 0 Å². The summed E-state index contributed by atoms with van der Waals surface area (Å²) >= 11 is 0. The molecule has 0 bridgehead atoms. The van der Waals surface area contributed by atoms with Crippen LogP contribution in [0, 0.1) is 0 Å². The Morgan fingerprint density at radius 1 is 0.920 bits per heavy atom. The lowest BCUT2D eigenvalue weighted by Crippen LogP contribution is -2.47. The smallest absolute Gasteiger partial charge is 0.320 e. The van der Waals surface area contributed by atoms with E-state index in [1.165, 1.54) is 4.90 Å². The molecule has 0 aromatic heterocycles. The van der Waals surface area contributed by atoms with Crippen molar-refractivity contribution in [2.24, 2.45) is 0 Å². The first-order chi connectivity index (χ1) is 12.1. The van der Waals surface area contributed by atoms with Crippen molar-refractivity contribution in [3.05, 3.63) is 35.4 Å². The van der Waals surface area contributed by atoms with Crippen molar-refractivity contribution >= 4 is 27.2 Å². The lowest BCUT2D eigenvalue weighted by atomic mass is 10.1. The van der Waals surface area contributed by atoms with Crippen LogP contribution in [0.4, 0.5) is 4.79 Å². The highest BCUT2D eigenvalue weighted by Crippen LogP contribution is 2.26. The van der Waals surface area contributed by atoms with Crippen molar-refractivity contribution in [3.63, 3.8) is 0 Å². The van der Waals surface area contributed by atoms with Gasteiger partial charge in [-0.1, -0.05) is 21.5 Å². The minimum absolute atomic E-state index is 0.0319. The molecule has 3 aliphatic rings. The summed E-state index contributed by atoms with van der Waals surface area (Å²) in [6.45, 7) is 3.15. The molecule has 0 N–H and O–H groups in total. The number of amides is 4. The van der Waals surface area contributed by atoms with Gasteiger partial charge in [0, 0.05) is 32.2 Å². The van der Waals surface area contributed by atoms with Crippen molar-refractivity contribution in [1.82, 2.24) is 19.4 Å². The van der Waals surface area contributed by atoms with Crippen molar-refractivity contribution in [2.45, 2.75) is 18.9 Å². The average molecular weight is 360 g/mol. The number of nitrogens with zero attached hydrogens (tertiary/aromatic N) is 4. The fraction of sp³-hybridized carbons (Fsp3) is 0.471. The zero-order valence-electron chi connectivity index (χ0n) is 13.9. The van der Waals surface area contributed by atoms with Crippen molar-refractivity contribution in [1.29, 1.82) is 0 Å². The molecule has 3 aliphatic heterocycles. The van der Waals surface area contributed by atoms with E-state index in [9.17, 15) is 14.4 Å². The van der Waals surface area contributed by atoms with Gasteiger partial charge in [-0.15, -0.1) is 0 Å². The molecule has 2 fully saturated rings. The third-order valence-corrected chi connectivity index (χ3v) is 5.77. The van der Waals surface area contributed by atoms with Crippen LogP contribution in [0.2, 0.25) is 0 Å². The standard InChI is InChI=1S/C17H21N4O3P/c22-15-13-3-1-2-4-14(13)16(23)21(15)11-18-9-10-20(17(18)24)12-5-7-19(25)8-6-12/h1-4,12H,5-11,25H2. The zero-order chi connectivity index (χ0) is 17.6. The van der Waals surface area contributed by atoms with Gasteiger partial charge in [-0.25, -0.2) is 4.79 Å². The molecule has 3 heterocycles. The molecule has 0 spiro atoms. The Bertz CT molecular complexity index is 697. The number of hydrogen-bond acceptors (Lipinski definition) is 4. The molecule has 1 atom stereocenters. The Balaban J connectivity index is 1.44. The molecule has 0 radical (unpaired) electrons. The van der Waals surface area contributed by atoms with Crippen LogP contribution in [-0.4, -0.2) is 76.1 Å². The lowest BCUT2D eigenvalue weighted by Gasteiger charge is -2.34.